The summed E-state index contributed by atoms with van der Waals surface area (Å²) in [6.45, 7) is 1.91. The van der Waals surface area contributed by atoms with Crippen molar-refractivity contribution < 1.29 is 4.79 Å². The van der Waals surface area contributed by atoms with Crippen molar-refractivity contribution >= 4 is 21.8 Å². The summed E-state index contributed by atoms with van der Waals surface area (Å²) in [5, 5.41) is 1.63. The number of aryl methyl sites for hydroxylation is 1. The Balaban J connectivity index is 3.00. The number of carbonyl (C=O) groups is 1. The third-order valence-electron chi connectivity index (χ3n) is 1.77. The van der Waals surface area contributed by atoms with Gasteiger partial charge in [0.2, 0.25) is 0 Å². The standard InChI is InChI=1S/C10H13BrN2O/c1-7-5-4-6-8(11)9(7)10(14)12-13(2)3/h4-6H,1-3H3,(H,12,14). The number of nitrogens with zero attached hydrogens (tertiary/aromatic N) is 1. The van der Waals surface area contributed by atoms with Gasteiger partial charge in [0.1, 0.15) is 0 Å². The minimum atomic E-state index is -0.0972. The van der Waals surface area contributed by atoms with Crippen molar-refractivity contribution in [1.82, 2.24) is 10.4 Å². The summed E-state index contributed by atoms with van der Waals surface area (Å²) in [5.74, 6) is -0.0972. The van der Waals surface area contributed by atoms with Gasteiger partial charge < -0.3 is 0 Å². The molecule has 0 saturated carbocycles. The van der Waals surface area contributed by atoms with Crippen molar-refractivity contribution in [3.8, 4) is 0 Å². The van der Waals surface area contributed by atoms with Gasteiger partial charge in [0.25, 0.3) is 5.91 Å². The second-order valence-corrected chi connectivity index (χ2v) is 4.12. The highest BCUT2D eigenvalue weighted by Crippen LogP contribution is 2.19. The van der Waals surface area contributed by atoms with Gasteiger partial charge in [-0.2, -0.15) is 0 Å². The lowest BCUT2D eigenvalue weighted by Gasteiger charge is -2.14. The molecule has 76 valence electrons. The molecule has 0 aliphatic carbocycles. The van der Waals surface area contributed by atoms with Crippen LogP contribution in [0.15, 0.2) is 22.7 Å². The quantitative estimate of drug-likeness (QED) is 0.821. The Morgan fingerprint density at radius 1 is 1.43 bits per heavy atom. The Kier molecular flexibility index (Phi) is 3.66. The van der Waals surface area contributed by atoms with Crippen molar-refractivity contribution in [2.75, 3.05) is 14.1 Å². The molecule has 0 aliphatic heterocycles. The first-order valence-electron chi connectivity index (χ1n) is 4.26. The lowest BCUT2D eigenvalue weighted by atomic mass is 10.1. The summed E-state index contributed by atoms with van der Waals surface area (Å²) in [6.07, 6.45) is 0. The van der Waals surface area contributed by atoms with Crippen LogP contribution < -0.4 is 5.43 Å². The van der Waals surface area contributed by atoms with E-state index in [1.54, 1.807) is 19.1 Å². The molecule has 3 nitrogen and oxygen atoms in total. The smallest absolute Gasteiger partial charge is 0.266 e. The zero-order chi connectivity index (χ0) is 10.7. The summed E-state index contributed by atoms with van der Waals surface area (Å²) in [5.41, 5.74) is 4.34. The molecule has 1 aromatic carbocycles. The fourth-order valence-electron chi connectivity index (χ4n) is 1.18. The molecule has 0 aromatic heterocycles. The normalized spacial score (nSPS) is 10.4. The van der Waals surface area contributed by atoms with Crippen molar-refractivity contribution in [3.63, 3.8) is 0 Å². The predicted molar refractivity (Wildman–Crippen MR) is 60.0 cm³/mol. The van der Waals surface area contributed by atoms with Gasteiger partial charge in [0, 0.05) is 18.6 Å². The highest BCUT2D eigenvalue weighted by Gasteiger charge is 2.12. The van der Waals surface area contributed by atoms with Gasteiger partial charge >= 0.3 is 0 Å². The van der Waals surface area contributed by atoms with Crippen molar-refractivity contribution in [2.24, 2.45) is 0 Å². The van der Waals surface area contributed by atoms with Crippen LogP contribution in [0.2, 0.25) is 0 Å². The minimum absolute atomic E-state index is 0.0972. The Morgan fingerprint density at radius 3 is 2.57 bits per heavy atom. The molecule has 0 heterocycles. The monoisotopic (exact) mass is 256 g/mol. The van der Waals surface area contributed by atoms with Gasteiger partial charge in [-0.25, -0.2) is 5.01 Å². The Bertz CT molecular complexity index is 330. The van der Waals surface area contributed by atoms with Crippen LogP contribution in [0, 0.1) is 6.92 Å². The Hall–Kier alpha value is -0.870. The van der Waals surface area contributed by atoms with Crippen LogP contribution in [-0.4, -0.2) is 25.0 Å². The van der Waals surface area contributed by atoms with E-state index in [1.165, 1.54) is 0 Å². The summed E-state index contributed by atoms with van der Waals surface area (Å²) >= 11 is 3.36. The molecule has 0 bridgehead atoms. The molecule has 14 heavy (non-hydrogen) atoms. The van der Waals surface area contributed by atoms with Crippen LogP contribution in [0.3, 0.4) is 0 Å². The average molecular weight is 257 g/mol. The Labute approximate surface area is 92.2 Å². The van der Waals surface area contributed by atoms with Crippen molar-refractivity contribution in [1.29, 1.82) is 0 Å². The van der Waals surface area contributed by atoms with E-state index in [9.17, 15) is 4.79 Å². The summed E-state index contributed by atoms with van der Waals surface area (Å²) in [6, 6.07) is 5.68. The molecule has 0 atom stereocenters. The molecule has 1 aromatic rings. The van der Waals surface area contributed by atoms with Gasteiger partial charge in [-0.3, -0.25) is 10.2 Å². The lowest BCUT2D eigenvalue weighted by molar-refractivity contribution is 0.0855. The number of hydrazine groups is 1. The molecule has 0 radical (unpaired) electrons. The van der Waals surface area contributed by atoms with E-state index in [0.717, 1.165) is 10.0 Å². The maximum atomic E-state index is 11.7. The molecular weight excluding hydrogens is 244 g/mol. The van der Waals surface area contributed by atoms with Crippen LogP contribution in [0.25, 0.3) is 0 Å². The minimum Gasteiger partial charge on any atom is -0.285 e. The maximum absolute atomic E-state index is 11.7. The molecule has 4 heteroatoms. The first-order valence-corrected chi connectivity index (χ1v) is 5.05. The number of rotatable bonds is 2. The molecule has 0 unspecified atom stereocenters. The number of hydrogen-bond donors (Lipinski definition) is 1. The fraction of sp³-hybridized carbons (Fsp3) is 0.300. The van der Waals surface area contributed by atoms with E-state index in [0.29, 0.717) is 5.56 Å². The van der Waals surface area contributed by atoms with Crippen molar-refractivity contribution in [2.45, 2.75) is 6.92 Å². The first kappa shape index (κ1) is 11.2. The number of nitrogens with one attached hydrogen (secondary N) is 1. The SMILES string of the molecule is Cc1cccc(Br)c1C(=O)NN(C)C. The maximum Gasteiger partial charge on any atom is 0.266 e. The van der Waals surface area contributed by atoms with Crippen LogP contribution in [0.1, 0.15) is 15.9 Å². The van der Waals surface area contributed by atoms with Crippen LogP contribution in [0.5, 0.6) is 0 Å². The fourth-order valence-corrected chi connectivity index (χ4v) is 1.82. The number of hydrogen-bond acceptors (Lipinski definition) is 2. The highest BCUT2D eigenvalue weighted by molar-refractivity contribution is 9.10. The summed E-state index contributed by atoms with van der Waals surface area (Å²) < 4.78 is 0.817. The summed E-state index contributed by atoms with van der Waals surface area (Å²) in [7, 11) is 3.56. The lowest BCUT2D eigenvalue weighted by Crippen LogP contribution is -2.36. The third kappa shape index (κ3) is 2.56. The average Bonchev–Trinajstić information content (AvgIpc) is 2.01. The molecule has 0 saturated heterocycles. The number of benzene rings is 1. The predicted octanol–water partition coefficient (Wildman–Crippen LogP) is 1.96. The third-order valence-corrected chi connectivity index (χ3v) is 2.43. The topological polar surface area (TPSA) is 32.3 Å². The van der Waals surface area contributed by atoms with Gasteiger partial charge in [-0.05, 0) is 34.5 Å². The zero-order valence-electron chi connectivity index (χ0n) is 8.47. The van der Waals surface area contributed by atoms with E-state index in [1.807, 2.05) is 25.1 Å². The van der Waals surface area contributed by atoms with Gasteiger partial charge in [0.05, 0.1) is 5.56 Å². The highest BCUT2D eigenvalue weighted by atomic mass is 79.9. The van der Waals surface area contributed by atoms with E-state index in [-0.39, 0.29) is 5.91 Å². The Morgan fingerprint density at radius 2 is 2.07 bits per heavy atom. The van der Waals surface area contributed by atoms with E-state index < -0.39 is 0 Å². The summed E-state index contributed by atoms with van der Waals surface area (Å²) in [4.78, 5) is 11.7. The molecular formula is C10H13BrN2O. The van der Waals surface area contributed by atoms with E-state index in [2.05, 4.69) is 21.4 Å². The largest absolute Gasteiger partial charge is 0.285 e. The molecule has 1 amide bonds. The molecule has 0 fully saturated rings. The van der Waals surface area contributed by atoms with Gasteiger partial charge in [-0.1, -0.05) is 12.1 Å². The van der Waals surface area contributed by atoms with Crippen LogP contribution in [0.4, 0.5) is 0 Å². The van der Waals surface area contributed by atoms with Gasteiger partial charge in [0.15, 0.2) is 0 Å². The van der Waals surface area contributed by atoms with Crippen LogP contribution in [-0.2, 0) is 0 Å². The number of halogens is 1. The number of carbonyl (C=O) groups excluding carboxylic acids is 1. The molecule has 1 rings (SSSR count). The van der Waals surface area contributed by atoms with Crippen molar-refractivity contribution in [3.05, 3.63) is 33.8 Å². The van der Waals surface area contributed by atoms with Gasteiger partial charge in [-0.15, -0.1) is 0 Å². The molecule has 1 N–H and O–H groups in total. The molecule has 0 aliphatic rings. The first-order chi connectivity index (χ1) is 6.52. The van der Waals surface area contributed by atoms with Crippen LogP contribution >= 0.6 is 15.9 Å². The second kappa shape index (κ2) is 4.57. The zero-order valence-corrected chi connectivity index (χ0v) is 10.1. The number of amides is 1. The molecule has 0 spiro atoms. The van der Waals surface area contributed by atoms with E-state index >= 15 is 0 Å². The van der Waals surface area contributed by atoms with E-state index in [4.69, 9.17) is 0 Å². The second-order valence-electron chi connectivity index (χ2n) is 3.27.